The lowest BCUT2D eigenvalue weighted by atomic mass is 9.85. The van der Waals surface area contributed by atoms with Crippen LogP contribution in [0.3, 0.4) is 0 Å². The normalized spacial score (nSPS) is 24.1. The number of carbonyl (C=O) groups excluding carboxylic acids is 4. The number of morpholine rings is 1. The average molecular weight is 865 g/mol. The van der Waals surface area contributed by atoms with Gasteiger partial charge >= 0.3 is 5.69 Å². The molecule has 1 saturated carbocycles. The third kappa shape index (κ3) is 7.62. The lowest BCUT2D eigenvalue weighted by Crippen LogP contribution is -2.51. The standard InChI is InChI=1S/C43H46F2N12O6/c1-51-38-26(4-2-6-32(38)57(43(51)62)33-11-12-35(58)49-42(33)61)5-3-14-52-16-17-53(36(59)23-52)20-25-7-9-27(10-8-25)56-22-31(37(50-56)39(44)45)47-41(60)30-19-46-55-15-13-34(48-40(30)55)54-21-29-18-28(54)24-63-29/h2,4,6,13,15,19,22,25,27-29,33,39H,7-12,14,16-18,20-21,23-24H2,1H3,(H,47,60)(H,49,58,61)/t25?,27?,28-,29-,33?/m1/s1. The highest BCUT2D eigenvalue weighted by atomic mass is 19.3. The molecule has 4 aromatic heterocycles. The van der Waals surface area contributed by atoms with Gasteiger partial charge in [-0.25, -0.2) is 23.1 Å². The molecule has 1 aliphatic carbocycles. The van der Waals surface area contributed by atoms with E-state index in [1.165, 1.54) is 26.0 Å². The number of imide groups is 1. The Labute approximate surface area is 359 Å². The maximum Gasteiger partial charge on any atom is 0.329 e. The molecule has 18 nitrogen and oxygen atoms in total. The maximum absolute atomic E-state index is 14.3. The second-order valence-electron chi connectivity index (χ2n) is 17.2. The quantitative estimate of drug-likeness (QED) is 0.164. The number of aromatic nitrogens is 7. The molecule has 328 valence electrons. The smallest absolute Gasteiger partial charge is 0.329 e. The van der Waals surface area contributed by atoms with Gasteiger partial charge in [0, 0.05) is 52.0 Å². The number of ether oxygens (including phenoxy) is 1. The summed E-state index contributed by atoms with van der Waals surface area (Å²) >= 11 is 0. The molecule has 4 amide bonds. The first kappa shape index (κ1) is 40.6. The summed E-state index contributed by atoms with van der Waals surface area (Å²) in [4.78, 5) is 75.2. The molecule has 2 N–H and O–H groups in total. The molecular formula is C43H46F2N12O6. The summed E-state index contributed by atoms with van der Waals surface area (Å²) < 4.78 is 40.2. The van der Waals surface area contributed by atoms with E-state index in [1.54, 1.807) is 30.1 Å². The summed E-state index contributed by atoms with van der Waals surface area (Å²) in [6.45, 7) is 3.72. The van der Waals surface area contributed by atoms with Crippen LogP contribution < -0.4 is 21.2 Å². The maximum atomic E-state index is 14.3. The highest BCUT2D eigenvalue weighted by Crippen LogP contribution is 2.36. The molecule has 20 heteroatoms. The molecule has 8 heterocycles. The molecule has 2 bridgehead atoms. The largest absolute Gasteiger partial charge is 0.374 e. The van der Waals surface area contributed by atoms with Gasteiger partial charge in [0.05, 0.1) is 66.4 Å². The van der Waals surface area contributed by atoms with Crippen molar-refractivity contribution in [3.8, 4) is 11.8 Å². The Balaban J connectivity index is 0.731. The van der Waals surface area contributed by atoms with Crippen molar-refractivity contribution < 1.29 is 32.7 Å². The van der Waals surface area contributed by atoms with Crippen molar-refractivity contribution in [1.29, 1.82) is 0 Å². The minimum atomic E-state index is -2.90. The van der Waals surface area contributed by atoms with E-state index < -0.39 is 30.0 Å². The molecule has 5 aromatic rings. The number of amides is 4. The Morgan fingerprint density at radius 3 is 2.65 bits per heavy atom. The zero-order valence-corrected chi connectivity index (χ0v) is 34.6. The second-order valence-corrected chi connectivity index (χ2v) is 17.2. The number of piperazine rings is 1. The van der Waals surface area contributed by atoms with Crippen LogP contribution in [-0.2, 0) is 26.2 Å². The molecule has 63 heavy (non-hydrogen) atoms. The van der Waals surface area contributed by atoms with Crippen LogP contribution in [0.15, 0.2) is 47.7 Å². The number of nitrogens with zero attached hydrogens (tertiary/aromatic N) is 10. The summed E-state index contributed by atoms with van der Waals surface area (Å²) in [5, 5.41) is 13.5. The fourth-order valence-electron chi connectivity index (χ4n) is 9.90. The minimum Gasteiger partial charge on any atom is -0.374 e. The van der Waals surface area contributed by atoms with E-state index in [-0.39, 0.29) is 72.2 Å². The number of alkyl halides is 2. The molecule has 0 spiro atoms. The molecular weight excluding hydrogens is 819 g/mol. The number of rotatable bonds is 9. The molecule has 4 aliphatic heterocycles. The Kier molecular flexibility index (Phi) is 10.5. The number of fused-ring (bicyclic) bond motifs is 4. The summed E-state index contributed by atoms with van der Waals surface area (Å²) in [6, 6.07) is 6.50. The van der Waals surface area contributed by atoms with Gasteiger partial charge in [-0.3, -0.25) is 43.2 Å². The summed E-state index contributed by atoms with van der Waals surface area (Å²) in [5.41, 5.74) is 1.35. The number of hydrogen-bond donors (Lipinski definition) is 2. The molecule has 3 atom stereocenters. The van der Waals surface area contributed by atoms with Crippen molar-refractivity contribution in [2.24, 2.45) is 13.0 Å². The lowest BCUT2D eigenvalue weighted by molar-refractivity contribution is -0.137. The second kappa shape index (κ2) is 16.3. The van der Waals surface area contributed by atoms with Gasteiger partial charge < -0.3 is 19.9 Å². The van der Waals surface area contributed by atoms with Crippen LogP contribution in [0.2, 0.25) is 0 Å². The summed E-state index contributed by atoms with van der Waals surface area (Å²) in [7, 11) is 1.63. The first-order valence-electron chi connectivity index (χ1n) is 21.4. The van der Waals surface area contributed by atoms with Gasteiger partial charge in [-0.05, 0) is 62.6 Å². The van der Waals surface area contributed by atoms with Crippen molar-refractivity contribution >= 4 is 51.8 Å². The van der Waals surface area contributed by atoms with Crippen LogP contribution in [0, 0.1) is 17.8 Å². The van der Waals surface area contributed by atoms with Crippen molar-refractivity contribution in [1.82, 2.24) is 48.6 Å². The van der Waals surface area contributed by atoms with E-state index >= 15 is 0 Å². The SMILES string of the molecule is Cn1c(=O)n(C2CCC(=O)NC2=O)c2cccc(C#CCN3CCN(CC4CCC(n5cc(NC(=O)c6cnn7ccc(N8C[C@H]9C[C@@H]8CO9)nc67)c(C(F)F)n5)CC4)C(=O)C3)c21. The molecule has 4 saturated heterocycles. The Hall–Kier alpha value is -6.46. The minimum absolute atomic E-state index is 0.0142. The zero-order chi connectivity index (χ0) is 43.5. The van der Waals surface area contributed by atoms with E-state index in [0.29, 0.717) is 73.7 Å². The Bertz CT molecular complexity index is 2780. The van der Waals surface area contributed by atoms with Crippen molar-refractivity contribution in [3.63, 3.8) is 0 Å². The van der Waals surface area contributed by atoms with E-state index in [1.807, 2.05) is 21.9 Å². The third-order valence-corrected chi connectivity index (χ3v) is 13.2. The van der Waals surface area contributed by atoms with Crippen LogP contribution in [0.5, 0.6) is 0 Å². The van der Waals surface area contributed by atoms with Crippen LogP contribution in [0.25, 0.3) is 16.7 Å². The lowest BCUT2D eigenvalue weighted by Gasteiger charge is -2.37. The zero-order valence-electron chi connectivity index (χ0n) is 34.6. The van der Waals surface area contributed by atoms with Gasteiger partial charge in [-0.15, -0.1) is 0 Å². The fraction of sp³-hybridized carbons (Fsp3) is 0.488. The Morgan fingerprint density at radius 1 is 1.06 bits per heavy atom. The number of para-hydroxylation sites is 1. The van der Waals surface area contributed by atoms with Crippen LogP contribution in [0.4, 0.5) is 20.3 Å². The van der Waals surface area contributed by atoms with E-state index in [9.17, 15) is 32.8 Å². The molecule has 10 rings (SSSR count). The van der Waals surface area contributed by atoms with Crippen molar-refractivity contribution in [2.75, 3.05) is 56.1 Å². The number of benzene rings is 1. The number of piperidine rings is 1. The van der Waals surface area contributed by atoms with Gasteiger partial charge in [0.1, 0.15) is 17.4 Å². The average Bonchev–Trinajstić information content (AvgIpc) is 4.12. The van der Waals surface area contributed by atoms with Crippen molar-refractivity contribution in [3.05, 3.63) is 70.2 Å². The molecule has 1 unspecified atom stereocenters. The van der Waals surface area contributed by atoms with Gasteiger partial charge in [0.25, 0.3) is 12.3 Å². The predicted molar refractivity (Wildman–Crippen MR) is 223 cm³/mol. The number of nitrogens with one attached hydrogen (secondary N) is 2. The molecule has 0 radical (unpaired) electrons. The highest BCUT2D eigenvalue weighted by Gasteiger charge is 2.40. The number of imidazole rings is 1. The van der Waals surface area contributed by atoms with E-state index in [2.05, 4.69) is 37.6 Å². The highest BCUT2D eigenvalue weighted by molar-refractivity contribution is 6.08. The van der Waals surface area contributed by atoms with Crippen LogP contribution in [0.1, 0.15) is 85.1 Å². The molecule has 1 aromatic carbocycles. The number of anilines is 2. The molecule has 5 fully saturated rings. The number of hydrogen-bond acceptors (Lipinski definition) is 11. The fourth-order valence-corrected chi connectivity index (χ4v) is 9.90. The number of aryl methyl sites for hydroxylation is 1. The van der Waals surface area contributed by atoms with Crippen LogP contribution in [-0.4, -0.2) is 125 Å². The number of halogens is 2. The predicted octanol–water partition coefficient (Wildman–Crippen LogP) is 2.65. The van der Waals surface area contributed by atoms with Gasteiger partial charge in [-0.1, -0.05) is 17.9 Å². The van der Waals surface area contributed by atoms with E-state index in [0.717, 1.165) is 25.8 Å². The van der Waals surface area contributed by atoms with Gasteiger partial charge in [-0.2, -0.15) is 10.2 Å². The van der Waals surface area contributed by atoms with E-state index in [4.69, 9.17) is 9.72 Å². The van der Waals surface area contributed by atoms with Crippen LogP contribution >= 0.6 is 0 Å². The summed E-state index contributed by atoms with van der Waals surface area (Å²) in [5.74, 6) is 5.85. The number of carbonyl (C=O) groups is 4. The first-order chi connectivity index (χ1) is 30.5. The van der Waals surface area contributed by atoms with Gasteiger partial charge in [0.15, 0.2) is 11.3 Å². The topological polar surface area (TPSA) is 186 Å². The third-order valence-electron chi connectivity index (χ3n) is 13.2. The first-order valence-corrected chi connectivity index (χ1v) is 21.4. The Morgan fingerprint density at radius 2 is 1.90 bits per heavy atom. The molecule has 5 aliphatic rings. The monoisotopic (exact) mass is 864 g/mol. The van der Waals surface area contributed by atoms with Gasteiger partial charge in [0.2, 0.25) is 17.7 Å². The summed E-state index contributed by atoms with van der Waals surface area (Å²) in [6.07, 6.45) is 6.13. The van der Waals surface area contributed by atoms with Crippen molar-refractivity contribution in [2.45, 2.75) is 75.6 Å².